The minimum atomic E-state index is -0.0400. The number of hydrogen-bond donors (Lipinski definition) is 1. The molecule has 0 fully saturated rings. The van der Waals surface area contributed by atoms with Crippen LogP contribution in [0.15, 0.2) is 42.5 Å². The molecule has 0 aliphatic rings. The molecule has 2 aromatic carbocycles. The van der Waals surface area contributed by atoms with Crippen molar-refractivity contribution in [3.8, 4) is 11.1 Å². The van der Waals surface area contributed by atoms with Crippen molar-refractivity contribution < 1.29 is 9.53 Å². The Morgan fingerprint density at radius 2 is 1.86 bits per heavy atom. The number of nitrogens with one attached hydrogen (secondary N) is 1. The Morgan fingerprint density at radius 1 is 1.18 bits per heavy atom. The maximum atomic E-state index is 11.8. The van der Waals surface area contributed by atoms with Gasteiger partial charge in [0.05, 0.1) is 6.61 Å². The SMILES string of the molecule is COCc1cc(NC(=O)C(C)C)ccc1-c1ccc(I)cc1. The van der Waals surface area contributed by atoms with Crippen LogP contribution in [0.2, 0.25) is 0 Å². The first-order valence-electron chi connectivity index (χ1n) is 7.20. The summed E-state index contributed by atoms with van der Waals surface area (Å²) in [7, 11) is 1.68. The number of benzene rings is 2. The van der Waals surface area contributed by atoms with Gasteiger partial charge in [-0.3, -0.25) is 4.79 Å². The van der Waals surface area contributed by atoms with Gasteiger partial charge in [-0.05, 0) is 63.5 Å². The van der Waals surface area contributed by atoms with E-state index in [0.717, 1.165) is 22.4 Å². The molecule has 116 valence electrons. The lowest BCUT2D eigenvalue weighted by atomic mass is 9.99. The summed E-state index contributed by atoms with van der Waals surface area (Å²) in [6.07, 6.45) is 0. The number of anilines is 1. The third-order valence-corrected chi connectivity index (χ3v) is 4.07. The van der Waals surface area contributed by atoms with E-state index in [0.29, 0.717) is 6.61 Å². The van der Waals surface area contributed by atoms with Gasteiger partial charge in [-0.1, -0.05) is 32.0 Å². The van der Waals surface area contributed by atoms with Crippen LogP contribution in [0, 0.1) is 9.49 Å². The number of methoxy groups -OCH3 is 1. The van der Waals surface area contributed by atoms with Gasteiger partial charge in [-0.15, -0.1) is 0 Å². The quantitative estimate of drug-likeness (QED) is 0.728. The largest absolute Gasteiger partial charge is 0.380 e. The molecule has 0 bridgehead atoms. The van der Waals surface area contributed by atoms with Crippen molar-refractivity contribution in [1.82, 2.24) is 0 Å². The highest BCUT2D eigenvalue weighted by Crippen LogP contribution is 2.28. The molecule has 2 rings (SSSR count). The van der Waals surface area contributed by atoms with Crippen LogP contribution < -0.4 is 5.32 Å². The number of carbonyl (C=O) groups is 1. The predicted octanol–water partition coefficient (Wildman–Crippen LogP) is 4.70. The molecule has 1 N–H and O–H groups in total. The van der Waals surface area contributed by atoms with E-state index in [4.69, 9.17) is 4.74 Å². The van der Waals surface area contributed by atoms with Crippen molar-refractivity contribution in [3.63, 3.8) is 0 Å². The predicted molar refractivity (Wildman–Crippen MR) is 98.8 cm³/mol. The van der Waals surface area contributed by atoms with Gasteiger partial charge in [0, 0.05) is 22.3 Å². The van der Waals surface area contributed by atoms with Crippen LogP contribution in [-0.2, 0) is 16.1 Å². The molecule has 0 saturated carbocycles. The van der Waals surface area contributed by atoms with E-state index in [9.17, 15) is 4.79 Å². The van der Waals surface area contributed by atoms with Crippen molar-refractivity contribution in [2.24, 2.45) is 5.92 Å². The minimum absolute atomic E-state index is 0.0189. The van der Waals surface area contributed by atoms with Crippen LogP contribution in [0.1, 0.15) is 19.4 Å². The average molecular weight is 409 g/mol. The van der Waals surface area contributed by atoms with Crippen LogP contribution in [0.4, 0.5) is 5.69 Å². The molecule has 3 nitrogen and oxygen atoms in total. The summed E-state index contributed by atoms with van der Waals surface area (Å²) in [5.41, 5.74) is 4.14. The van der Waals surface area contributed by atoms with Gasteiger partial charge in [0.1, 0.15) is 0 Å². The molecular weight excluding hydrogens is 389 g/mol. The molecule has 0 unspecified atom stereocenters. The molecule has 0 atom stereocenters. The average Bonchev–Trinajstić information content (AvgIpc) is 2.49. The first-order valence-corrected chi connectivity index (χ1v) is 8.28. The number of hydrogen-bond acceptors (Lipinski definition) is 2. The highest BCUT2D eigenvalue weighted by Gasteiger charge is 2.10. The zero-order chi connectivity index (χ0) is 16.1. The van der Waals surface area contributed by atoms with E-state index in [1.165, 1.54) is 3.57 Å². The van der Waals surface area contributed by atoms with Crippen LogP contribution in [-0.4, -0.2) is 13.0 Å². The summed E-state index contributed by atoms with van der Waals surface area (Å²) in [5.74, 6) is -0.0212. The molecule has 0 radical (unpaired) electrons. The first-order chi connectivity index (χ1) is 10.5. The number of halogens is 1. The van der Waals surface area contributed by atoms with E-state index in [1.807, 2.05) is 32.0 Å². The maximum Gasteiger partial charge on any atom is 0.226 e. The second kappa shape index (κ2) is 7.74. The normalized spacial score (nSPS) is 10.8. The molecular formula is C18H20INO2. The molecule has 0 aliphatic carbocycles. The Hall–Kier alpha value is -1.40. The Kier molecular flexibility index (Phi) is 5.97. The fourth-order valence-electron chi connectivity index (χ4n) is 2.14. The first kappa shape index (κ1) is 17.0. The van der Waals surface area contributed by atoms with Gasteiger partial charge in [0.2, 0.25) is 5.91 Å². The number of amides is 1. The van der Waals surface area contributed by atoms with Gasteiger partial charge in [-0.2, -0.15) is 0 Å². The van der Waals surface area contributed by atoms with Crippen LogP contribution in [0.25, 0.3) is 11.1 Å². The standard InChI is InChI=1S/C18H20INO2/c1-12(2)18(21)20-16-8-9-17(14(10-16)11-22-3)13-4-6-15(19)7-5-13/h4-10,12H,11H2,1-3H3,(H,20,21). The lowest BCUT2D eigenvalue weighted by Crippen LogP contribution is -2.17. The highest BCUT2D eigenvalue weighted by molar-refractivity contribution is 14.1. The summed E-state index contributed by atoms with van der Waals surface area (Å²) in [6.45, 7) is 4.27. The zero-order valence-electron chi connectivity index (χ0n) is 13.0. The summed E-state index contributed by atoms with van der Waals surface area (Å²) >= 11 is 2.29. The lowest BCUT2D eigenvalue weighted by Gasteiger charge is -2.13. The Bertz CT molecular complexity index is 651. The third-order valence-electron chi connectivity index (χ3n) is 3.35. The minimum Gasteiger partial charge on any atom is -0.380 e. The van der Waals surface area contributed by atoms with Crippen molar-refractivity contribution in [3.05, 3.63) is 51.6 Å². The van der Waals surface area contributed by atoms with Gasteiger partial charge in [0.15, 0.2) is 0 Å². The molecule has 0 aromatic heterocycles. The molecule has 0 saturated heterocycles. The molecule has 22 heavy (non-hydrogen) atoms. The Balaban J connectivity index is 2.34. The lowest BCUT2D eigenvalue weighted by molar-refractivity contribution is -0.118. The van der Waals surface area contributed by atoms with Crippen molar-refractivity contribution in [2.75, 3.05) is 12.4 Å². The molecule has 0 spiro atoms. The fourth-order valence-corrected chi connectivity index (χ4v) is 2.50. The molecule has 0 heterocycles. The summed E-state index contributed by atoms with van der Waals surface area (Å²) < 4.78 is 6.51. The van der Waals surface area contributed by atoms with E-state index in [-0.39, 0.29) is 11.8 Å². The number of carbonyl (C=O) groups excluding carboxylic acids is 1. The second-order valence-electron chi connectivity index (χ2n) is 5.46. The number of rotatable bonds is 5. The van der Waals surface area contributed by atoms with Crippen LogP contribution in [0.3, 0.4) is 0 Å². The summed E-state index contributed by atoms with van der Waals surface area (Å²) in [5, 5.41) is 2.93. The Morgan fingerprint density at radius 3 is 2.45 bits per heavy atom. The molecule has 0 aliphatic heterocycles. The summed E-state index contributed by atoms with van der Waals surface area (Å²) in [6, 6.07) is 14.3. The van der Waals surface area contributed by atoms with Gasteiger partial charge in [0.25, 0.3) is 0 Å². The van der Waals surface area contributed by atoms with Gasteiger partial charge >= 0.3 is 0 Å². The van der Waals surface area contributed by atoms with Crippen molar-refractivity contribution >= 4 is 34.2 Å². The van der Waals surface area contributed by atoms with Crippen molar-refractivity contribution in [1.29, 1.82) is 0 Å². The smallest absolute Gasteiger partial charge is 0.226 e. The summed E-state index contributed by atoms with van der Waals surface area (Å²) in [4.78, 5) is 11.8. The number of ether oxygens (including phenoxy) is 1. The van der Waals surface area contributed by atoms with E-state index in [2.05, 4.69) is 52.2 Å². The molecule has 2 aromatic rings. The van der Waals surface area contributed by atoms with Gasteiger partial charge in [-0.25, -0.2) is 0 Å². The van der Waals surface area contributed by atoms with E-state index in [1.54, 1.807) is 7.11 Å². The fraction of sp³-hybridized carbons (Fsp3) is 0.278. The topological polar surface area (TPSA) is 38.3 Å². The van der Waals surface area contributed by atoms with Gasteiger partial charge < -0.3 is 10.1 Å². The van der Waals surface area contributed by atoms with Crippen molar-refractivity contribution in [2.45, 2.75) is 20.5 Å². The third kappa shape index (κ3) is 4.30. The Labute approximate surface area is 145 Å². The van der Waals surface area contributed by atoms with Crippen LogP contribution in [0.5, 0.6) is 0 Å². The van der Waals surface area contributed by atoms with E-state index < -0.39 is 0 Å². The second-order valence-corrected chi connectivity index (χ2v) is 6.70. The monoisotopic (exact) mass is 409 g/mol. The zero-order valence-corrected chi connectivity index (χ0v) is 15.2. The maximum absolute atomic E-state index is 11.8. The highest BCUT2D eigenvalue weighted by atomic mass is 127. The molecule has 1 amide bonds. The molecule has 4 heteroatoms. The van der Waals surface area contributed by atoms with E-state index >= 15 is 0 Å². The van der Waals surface area contributed by atoms with Crippen LogP contribution >= 0.6 is 22.6 Å².